The fraction of sp³-hybridized carbons (Fsp3) is 0.417. The number of non-ortho nitro benzene ring substituents is 1. The monoisotopic (exact) mass is 410 g/mol. The molecule has 26 heavy (non-hydrogen) atoms. The van der Waals surface area contributed by atoms with Crippen LogP contribution in [0.5, 0.6) is 0 Å². The summed E-state index contributed by atoms with van der Waals surface area (Å²) in [6, 6.07) is 1.49. The molecule has 144 valence electrons. The van der Waals surface area contributed by atoms with Crippen LogP contribution in [0, 0.1) is 20.2 Å². The van der Waals surface area contributed by atoms with E-state index in [9.17, 15) is 33.4 Å². The molecule has 1 amide bonds. The van der Waals surface area contributed by atoms with Crippen LogP contribution in [0.3, 0.4) is 0 Å². The molecule has 0 saturated heterocycles. The minimum atomic E-state index is -3.76. The Balaban J connectivity index is 3.49. The van der Waals surface area contributed by atoms with Gasteiger partial charge in [0, 0.05) is 25.0 Å². The van der Waals surface area contributed by atoms with Gasteiger partial charge in [-0.2, -0.15) is 8.42 Å². The first kappa shape index (κ1) is 21.5. The Morgan fingerprint density at radius 2 is 1.88 bits per heavy atom. The molecule has 0 fully saturated rings. The molecule has 2 N–H and O–H groups in total. The number of nitrogens with zero attached hydrogens (tertiary/aromatic N) is 3. The predicted octanol–water partition coefficient (Wildman–Crippen LogP) is 0.623. The summed E-state index contributed by atoms with van der Waals surface area (Å²) in [7, 11) is -3.76. The topological polar surface area (TPSA) is 176 Å². The number of primary amides is 1. The number of rotatable bonds is 10. The van der Waals surface area contributed by atoms with E-state index in [1.165, 1.54) is 4.90 Å². The van der Waals surface area contributed by atoms with Gasteiger partial charge < -0.3 is 10.6 Å². The number of benzene rings is 1. The molecule has 12 nitrogen and oxygen atoms in total. The number of hydrogen-bond acceptors (Lipinski definition) is 9. The zero-order chi connectivity index (χ0) is 20.1. The number of halogens is 1. The number of nitro benzene ring substituents is 2. The molecule has 0 aliphatic rings. The first-order valence-electron chi connectivity index (χ1n) is 6.90. The zero-order valence-corrected chi connectivity index (χ0v) is 15.0. The molecular weight excluding hydrogens is 396 g/mol. The third kappa shape index (κ3) is 5.79. The van der Waals surface area contributed by atoms with E-state index in [0.29, 0.717) is 6.07 Å². The van der Waals surface area contributed by atoms with Crippen molar-refractivity contribution in [1.82, 2.24) is 0 Å². The van der Waals surface area contributed by atoms with Crippen LogP contribution in [0.25, 0.3) is 0 Å². The van der Waals surface area contributed by atoms with Gasteiger partial charge in [-0.25, -0.2) is 0 Å². The predicted molar refractivity (Wildman–Crippen MR) is 92.0 cm³/mol. The molecule has 1 rings (SSSR count). The second-order valence-corrected chi connectivity index (χ2v) is 6.96. The fourth-order valence-electron chi connectivity index (χ4n) is 2.11. The third-order valence-electron chi connectivity index (χ3n) is 3.08. The van der Waals surface area contributed by atoms with Crippen LogP contribution in [0.15, 0.2) is 12.1 Å². The molecule has 0 saturated carbocycles. The first-order chi connectivity index (χ1) is 12.0. The molecule has 14 heteroatoms. The van der Waals surface area contributed by atoms with Gasteiger partial charge in [-0.15, -0.1) is 11.6 Å². The van der Waals surface area contributed by atoms with E-state index in [-0.39, 0.29) is 31.3 Å². The van der Waals surface area contributed by atoms with Gasteiger partial charge in [0.1, 0.15) is 5.69 Å². The quantitative estimate of drug-likeness (QED) is 0.250. The number of nitro groups is 2. The summed E-state index contributed by atoms with van der Waals surface area (Å²) in [5, 5.41) is 22.3. The fourth-order valence-corrected chi connectivity index (χ4v) is 2.69. The smallest absolute Gasteiger partial charge is 0.300 e. The van der Waals surface area contributed by atoms with E-state index >= 15 is 0 Å². The normalized spacial score (nSPS) is 11.2. The second kappa shape index (κ2) is 8.73. The molecule has 0 aliphatic heterocycles. The summed E-state index contributed by atoms with van der Waals surface area (Å²) < 4.78 is 26.7. The summed E-state index contributed by atoms with van der Waals surface area (Å²) in [5.74, 6) is -1.17. The van der Waals surface area contributed by atoms with Gasteiger partial charge in [-0.05, 0) is 0 Å². The average molecular weight is 411 g/mol. The number of amides is 1. The van der Waals surface area contributed by atoms with Crippen LogP contribution in [0.4, 0.5) is 17.1 Å². The maximum Gasteiger partial charge on any atom is 0.300 e. The molecule has 0 aliphatic carbocycles. The highest BCUT2D eigenvalue weighted by molar-refractivity contribution is 7.85. The van der Waals surface area contributed by atoms with Crippen molar-refractivity contribution in [3.05, 3.63) is 37.9 Å². The van der Waals surface area contributed by atoms with E-state index in [2.05, 4.69) is 4.18 Å². The van der Waals surface area contributed by atoms with Crippen LogP contribution in [0.1, 0.15) is 10.4 Å². The van der Waals surface area contributed by atoms with Crippen molar-refractivity contribution in [3.63, 3.8) is 0 Å². The number of nitrogens with two attached hydrogens (primary N) is 1. The molecule has 0 atom stereocenters. The Labute approximate surface area is 152 Å². The van der Waals surface area contributed by atoms with Gasteiger partial charge >= 0.3 is 0 Å². The van der Waals surface area contributed by atoms with Gasteiger partial charge in [0.2, 0.25) is 0 Å². The highest BCUT2D eigenvalue weighted by Gasteiger charge is 2.30. The summed E-state index contributed by atoms with van der Waals surface area (Å²) in [6.07, 6.45) is 0.821. The highest BCUT2D eigenvalue weighted by Crippen LogP contribution is 2.36. The van der Waals surface area contributed by atoms with Gasteiger partial charge in [0.25, 0.3) is 27.4 Å². The Morgan fingerprint density at radius 3 is 2.31 bits per heavy atom. The lowest BCUT2D eigenvalue weighted by Gasteiger charge is -2.24. The molecule has 0 aromatic heterocycles. The minimum Gasteiger partial charge on any atom is -0.366 e. The largest absolute Gasteiger partial charge is 0.366 e. The number of anilines is 1. The van der Waals surface area contributed by atoms with Crippen LogP contribution in [0.2, 0.25) is 0 Å². The van der Waals surface area contributed by atoms with Crippen molar-refractivity contribution < 1.29 is 27.2 Å². The molecule has 0 spiro atoms. The minimum absolute atomic E-state index is 0.0341. The van der Waals surface area contributed by atoms with E-state index in [0.717, 1.165) is 12.3 Å². The van der Waals surface area contributed by atoms with Crippen LogP contribution >= 0.6 is 11.6 Å². The number of alkyl halides is 1. The van der Waals surface area contributed by atoms with Gasteiger partial charge in [0.15, 0.2) is 0 Å². The number of carbonyl (C=O) groups excluding carboxylic acids is 1. The van der Waals surface area contributed by atoms with E-state index in [4.69, 9.17) is 17.3 Å². The molecule has 0 radical (unpaired) electrons. The van der Waals surface area contributed by atoms with Crippen molar-refractivity contribution in [2.24, 2.45) is 5.73 Å². The van der Waals surface area contributed by atoms with E-state index < -0.39 is 42.8 Å². The van der Waals surface area contributed by atoms with Gasteiger partial charge in [0.05, 0.1) is 34.3 Å². The van der Waals surface area contributed by atoms with Crippen molar-refractivity contribution in [2.45, 2.75) is 0 Å². The highest BCUT2D eigenvalue weighted by atomic mass is 35.5. The van der Waals surface area contributed by atoms with Crippen molar-refractivity contribution >= 4 is 44.7 Å². The summed E-state index contributed by atoms with van der Waals surface area (Å²) in [5.41, 5.74) is 3.02. The summed E-state index contributed by atoms with van der Waals surface area (Å²) in [4.78, 5) is 33.4. The molecule has 0 heterocycles. The van der Waals surface area contributed by atoms with E-state index in [1.54, 1.807) is 0 Å². The van der Waals surface area contributed by atoms with Gasteiger partial charge in [-0.3, -0.25) is 29.2 Å². The molecule has 0 unspecified atom stereocenters. The third-order valence-corrected chi connectivity index (χ3v) is 3.84. The maximum atomic E-state index is 11.7. The first-order valence-corrected chi connectivity index (χ1v) is 9.25. The second-order valence-electron chi connectivity index (χ2n) is 4.94. The lowest BCUT2D eigenvalue weighted by molar-refractivity contribution is -0.393. The van der Waals surface area contributed by atoms with Crippen LogP contribution in [-0.2, 0) is 14.3 Å². The van der Waals surface area contributed by atoms with E-state index in [1.807, 2.05) is 0 Å². The Hall–Kier alpha value is -2.51. The summed E-state index contributed by atoms with van der Waals surface area (Å²) in [6.45, 7) is -0.617. The zero-order valence-electron chi connectivity index (χ0n) is 13.5. The standard InChI is InChI=1S/C12H15ClN4O8S/c1-26(23,24)25-5-4-15(3-2-13)11-9(12(14)18)6-8(16(19)20)7-10(11)17(21)22/h6-7H,2-5H2,1H3,(H2,14,18). The van der Waals surface area contributed by atoms with Crippen molar-refractivity contribution in [1.29, 1.82) is 0 Å². The average Bonchev–Trinajstić information content (AvgIpc) is 2.51. The van der Waals surface area contributed by atoms with Crippen molar-refractivity contribution in [3.8, 4) is 0 Å². The molecular formula is C12H15ClN4O8S. The Morgan fingerprint density at radius 1 is 1.27 bits per heavy atom. The summed E-state index contributed by atoms with van der Waals surface area (Å²) >= 11 is 5.67. The Bertz CT molecular complexity index is 794. The van der Waals surface area contributed by atoms with Crippen LogP contribution in [-0.4, -0.2) is 56.0 Å². The maximum absolute atomic E-state index is 11.7. The molecule has 1 aromatic carbocycles. The van der Waals surface area contributed by atoms with Crippen LogP contribution < -0.4 is 10.6 Å². The van der Waals surface area contributed by atoms with Gasteiger partial charge in [-0.1, -0.05) is 0 Å². The number of hydrogen-bond donors (Lipinski definition) is 1. The van der Waals surface area contributed by atoms with Crippen molar-refractivity contribution in [2.75, 3.05) is 36.7 Å². The SMILES string of the molecule is CS(=O)(=O)OCCN(CCCl)c1c(C(N)=O)cc([N+](=O)[O-])cc1[N+](=O)[O-]. The number of carbonyl (C=O) groups is 1. The lowest BCUT2D eigenvalue weighted by atomic mass is 10.1. The molecule has 0 bridgehead atoms. The Kier molecular flexibility index (Phi) is 7.23. The lowest BCUT2D eigenvalue weighted by Crippen LogP contribution is -2.33. The molecule has 1 aromatic rings.